The van der Waals surface area contributed by atoms with E-state index < -0.39 is 0 Å². The summed E-state index contributed by atoms with van der Waals surface area (Å²) in [6.07, 6.45) is 4.19. The Morgan fingerprint density at radius 2 is 1.83 bits per heavy atom. The topological polar surface area (TPSA) is 92.5 Å². The van der Waals surface area contributed by atoms with Gasteiger partial charge in [0, 0.05) is 18.3 Å². The predicted octanol–water partition coefficient (Wildman–Crippen LogP) is 1.09. The minimum absolute atomic E-state index is 0.167. The van der Waals surface area contributed by atoms with E-state index in [2.05, 4.69) is 5.32 Å². The fourth-order valence-electron chi connectivity index (χ4n) is 3.72. The van der Waals surface area contributed by atoms with Crippen LogP contribution in [0.3, 0.4) is 0 Å². The van der Waals surface area contributed by atoms with Gasteiger partial charge in [-0.25, -0.2) is 0 Å². The van der Waals surface area contributed by atoms with Crippen LogP contribution in [0.25, 0.3) is 0 Å². The molecule has 1 aliphatic heterocycles. The second kappa shape index (κ2) is 8.04. The molecule has 1 saturated carbocycles. The summed E-state index contributed by atoms with van der Waals surface area (Å²) in [4.78, 5) is 37.7. The number of hydrogen-bond donors (Lipinski definition) is 2. The lowest BCUT2D eigenvalue weighted by molar-refractivity contribution is -0.135. The van der Waals surface area contributed by atoms with Crippen molar-refractivity contribution in [3.63, 3.8) is 0 Å². The molecule has 23 heavy (non-hydrogen) atoms. The first kappa shape index (κ1) is 18.1. The minimum atomic E-state index is -0.340. The number of carbonyl (C=O) groups is 3. The van der Waals surface area contributed by atoms with Gasteiger partial charge in [-0.2, -0.15) is 0 Å². The van der Waals surface area contributed by atoms with E-state index in [0.717, 1.165) is 19.3 Å². The molecule has 4 unspecified atom stereocenters. The molecule has 3 N–H and O–H groups in total. The second-order valence-electron chi connectivity index (χ2n) is 6.28. The molecule has 0 aromatic carbocycles. The molecule has 1 aliphatic carbocycles. The van der Waals surface area contributed by atoms with E-state index in [1.54, 1.807) is 16.7 Å². The summed E-state index contributed by atoms with van der Waals surface area (Å²) in [5, 5.41) is 2.98. The van der Waals surface area contributed by atoms with Gasteiger partial charge in [0.2, 0.25) is 17.7 Å². The van der Waals surface area contributed by atoms with Crippen molar-refractivity contribution in [2.75, 3.05) is 13.1 Å². The number of nitrogens with one attached hydrogen (secondary N) is 1. The van der Waals surface area contributed by atoms with Gasteiger partial charge in [0.1, 0.15) is 6.42 Å². The van der Waals surface area contributed by atoms with Gasteiger partial charge < -0.3 is 16.0 Å². The van der Waals surface area contributed by atoms with Crippen molar-refractivity contribution in [2.24, 2.45) is 17.6 Å². The van der Waals surface area contributed by atoms with E-state index in [1.165, 1.54) is 6.42 Å². The number of rotatable bonds is 6. The molecule has 0 spiro atoms. The maximum Gasteiger partial charge on any atom is 0.231 e. The van der Waals surface area contributed by atoms with Crippen LogP contribution in [-0.2, 0) is 14.4 Å². The van der Waals surface area contributed by atoms with E-state index in [-0.39, 0.29) is 41.4 Å². The van der Waals surface area contributed by atoms with E-state index in [1.807, 2.05) is 13.8 Å². The molecule has 0 aromatic heterocycles. The van der Waals surface area contributed by atoms with Crippen LogP contribution in [0.2, 0.25) is 0 Å². The van der Waals surface area contributed by atoms with Gasteiger partial charge >= 0.3 is 0 Å². The molecule has 1 saturated heterocycles. The first-order valence-electron chi connectivity index (χ1n) is 8.49. The first-order chi connectivity index (χ1) is 11.0. The number of thioether (sulfide) groups is 1. The molecular weight excluding hydrogens is 314 g/mol. The normalized spacial score (nSPS) is 29.7. The Morgan fingerprint density at radius 3 is 2.43 bits per heavy atom. The molecule has 7 heteroatoms. The van der Waals surface area contributed by atoms with Crippen molar-refractivity contribution in [1.82, 2.24) is 10.2 Å². The average molecular weight is 341 g/mol. The van der Waals surface area contributed by atoms with Crippen molar-refractivity contribution in [3.05, 3.63) is 0 Å². The minimum Gasteiger partial charge on any atom is -0.369 e. The van der Waals surface area contributed by atoms with Crippen molar-refractivity contribution >= 4 is 29.5 Å². The third-order valence-corrected chi connectivity index (χ3v) is 6.56. The number of nitrogens with two attached hydrogens (primary N) is 1. The molecule has 0 aromatic rings. The largest absolute Gasteiger partial charge is 0.369 e. The van der Waals surface area contributed by atoms with Crippen molar-refractivity contribution < 1.29 is 14.4 Å². The second-order valence-corrected chi connectivity index (χ2v) is 7.67. The highest BCUT2D eigenvalue weighted by molar-refractivity contribution is 8.00. The zero-order valence-corrected chi connectivity index (χ0v) is 14.7. The van der Waals surface area contributed by atoms with E-state index in [9.17, 15) is 14.4 Å². The summed E-state index contributed by atoms with van der Waals surface area (Å²) >= 11 is 1.65. The molecule has 2 aliphatic rings. The summed E-state index contributed by atoms with van der Waals surface area (Å²) < 4.78 is 0. The number of nitrogens with zero attached hydrogens (tertiary/aromatic N) is 1. The van der Waals surface area contributed by atoms with Crippen molar-refractivity contribution in [2.45, 2.75) is 56.6 Å². The van der Waals surface area contributed by atoms with Gasteiger partial charge in [0.05, 0.1) is 11.3 Å². The Labute approximate surface area is 141 Å². The van der Waals surface area contributed by atoms with Gasteiger partial charge in [0.15, 0.2) is 0 Å². The first-order valence-corrected chi connectivity index (χ1v) is 9.44. The van der Waals surface area contributed by atoms with Crippen LogP contribution in [0.1, 0.15) is 46.0 Å². The Hall–Kier alpha value is -1.24. The third kappa shape index (κ3) is 4.19. The molecular formula is C16H27N3O3S. The summed E-state index contributed by atoms with van der Waals surface area (Å²) in [6.45, 7) is 4.96. The molecule has 4 atom stereocenters. The van der Waals surface area contributed by atoms with Gasteiger partial charge in [-0.3, -0.25) is 14.4 Å². The van der Waals surface area contributed by atoms with Gasteiger partial charge in [-0.15, -0.1) is 11.8 Å². The fourth-order valence-corrected chi connectivity index (χ4v) is 5.61. The van der Waals surface area contributed by atoms with Crippen LogP contribution in [0.4, 0.5) is 0 Å². The molecule has 0 radical (unpaired) electrons. The molecule has 6 nitrogen and oxygen atoms in total. The van der Waals surface area contributed by atoms with Gasteiger partial charge in [-0.05, 0) is 32.6 Å². The zero-order chi connectivity index (χ0) is 17.0. The lowest BCUT2D eigenvalue weighted by Crippen LogP contribution is -2.45. The monoisotopic (exact) mass is 341 g/mol. The van der Waals surface area contributed by atoms with Crippen molar-refractivity contribution in [1.29, 1.82) is 0 Å². The Kier molecular flexibility index (Phi) is 6.33. The lowest BCUT2D eigenvalue weighted by Gasteiger charge is -2.27. The van der Waals surface area contributed by atoms with E-state index >= 15 is 0 Å². The van der Waals surface area contributed by atoms with E-state index in [4.69, 9.17) is 5.73 Å². The quantitative estimate of drug-likeness (QED) is 0.708. The average Bonchev–Trinajstić information content (AvgIpc) is 2.85. The summed E-state index contributed by atoms with van der Waals surface area (Å²) in [5.74, 6) is -0.895. The summed E-state index contributed by atoms with van der Waals surface area (Å²) in [5.41, 5.74) is 5.58. The number of hydrogen-bond acceptors (Lipinski definition) is 4. The van der Waals surface area contributed by atoms with Gasteiger partial charge in [0.25, 0.3) is 0 Å². The van der Waals surface area contributed by atoms with Crippen LogP contribution in [0, 0.1) is 11.8 Å². The number of fused-ring (bicyclic) bond motifs is 1. The van der Waals surface area contributed by atoms with Crippen LogP contribution in [-0.4, -0.2) is 46.3 Å². The molecule has 2 rings (SSSR count). The maximum absolute atomic E-state index is 12.2. The SMILES string of the molecule is CCN(CC)C(=O)CC(=O)NC1SC2CCCCC2C1C(N)=O. The Morgan fingerprint density at radius 1 is 1.17 bits per heavy atom. The molecule has 3 amide bonds. The standard InChI is InChI=1S/C16H27N3O3S/c1-3-19(4-2)13(21)9-12(20)18-16-14(15(17)22)10-7-5-6-8-11(10)23-16/h10-11,14,16H,3-9H2,1-2H3,(H2,17,22)(H,18,20). The highest BCUT2D eigenvalue weighted by Gasteiger charge is 2.48. The van der Waals surface area contributed by atoms with Crippen LogP contribution in [0.15, 0.2) is 0 Å². The predicted molar refractivity (Wildman–Crippen MR) is 90.5 cm³/mol. The summed E-state index contributed by atoms with van der Waals surface area (Å²) in [6, 6.07) is 0. The van der Waals surface area contributed by atoms with Crippen molar-refractivity contribution in [3.8, 4) is 0 Å². The number of carbonyl (C=O) groups excluding carboxylic acids is 3. The Bertz CT molecular complexity index is 467. The Balaban J connectivity index is 1.96. The highest BCUT2D eigenvalue weighted by Crippen LogP contribution is 2.48. The molecule has 2 fully saturated rings. The van der Waals surface area contributed by atoms with Crippen LogP contribution >= 0.6 is 11.8 Å². The zero-order valence-electron chi connectivity index (χ0n) is 13.9. The highest BCUT2D eigenvalue weighted by atomic mass is 32.2. The molecule has 1 heterocycles. The van der Waals surface area contributed by atoms with Crippen LogP contribution < -0.4 is 11.1 Å². The maximum atomic E-state index is 12.2. The number of primary amides is 1. The van der Waals surface area contributed by atoms with E-state index in [0.29, 0.717) is 18.3 Å². The molecule has 0 bridgehead atoms. The lowest BCUT2D eigenvalue weighted by atomic mass is 9.79. The third-order valence-electron chi connectivity index (χ3n) is 4.92. The smallest absolute Gasteiger partial charge is 0.231 e. The summed E-state index contributed by atoms with van der Waals surface area (Å²) in [7, 11) is 0. The number of amides is 3. The fraction of sp³-hybridized carbons (Fsp3) is 0.812. The van der Waals surface area contributed by atoms with Crippen LogP contribution in [0.5, 0.6) is 0 Å². The van der Waals surface area contributed by atoms with Gasteiger partial charge in [-0.1, -0.05) is 12.8 Å². The molecule has 130 valence electrons.